The van der Waals surface area contributed by atoms with E-state index in [0.717, 1.165) is 22.7 Å². The van der Waals surface area contributed by atoms with Crippen LogP contribution in [0.1, 0.15) is 23.0 Å². The van der Waals surface area contributed by atoms with E-state index in [1.54, 1.807) is 12.1 Å². The Labute approximate surface area is 190 Å². The highest BCUT2D eigenvalue weighted by Gasteiger charge is 2.11. The van der Waals surface area contributed by atoms with Gasteiger partial charge >= 0.3 is 0 Å². The fourth-order valence-electron chi connectivity index (χ4n) is 2.58. The molecule has 0 aliphatic heterocycles. The standard InChI is InChI=1S/C19H25BrFN5O.HI/c1-4-22-19(26(3)13-15-11-14(20)12-25(15)2)24-10-9-23-18(27)16-7-5-6-8-17(16)21;/h5-8,11-12H,4,9-10,13H2,1-3H3,(H,22,24)(H,23,27);1H. The van der Waals surface area contributed by atoms with E-state index in [4.69, 9.17) is 0 Å². The van der Waals surface area contributed by atoms with Crippen LogP contribution in [0.4, 0.5) is 4.39 Å². The number of guanidine groups is 1. The summed E-state index contributed by atoms with van der Waals surface area (Å²) >= 11 is 3.48. The van der Waals surface area contributed by atoms with E-state index in [9.17, 15) is 9.18 Å². The number of halogens is 3. The summed E-state index contributed by atoms with van der Waals surface area (Å²) in [6.45, 7) is 4.15. The predicted octanol–water partition coefficient (Wildman–Crippen LogP) is 3.37. The smallest absolute Gasteiger partial charge is 0.254 e. The Kier molecular flexibility index (Phi) is 10.5. The molecule has 1 amide bonds. The molecular weight excluding hydrogens is 540 g/mol. The van der Waals surface area contributed by atoms with E-state index in [1.165, 1.54) is 12.1 Å². The van der Waals surface area contributed by atoms with Gasteiger partial charge in [0.15, 0.2) is 5.96 Å². The van der Waals surface area contributed by atoms with E-state index < -0.39 is 11.7 Å². The summed E-state index contributed by atoms with van der Waals surface area (Å²) < 4.78 is 16.7. The Hall–Kier alpha value is -1.62. The van der Waals surface area contributed by atoms with E-state index in [-0.39, 0.29) is 29.5 Å². The highest BCUT2D eigenvalue weighted by atomic mass is 127. The number of nitrogens with one attached hydrogen (secondary N) is 2. The fourth-order valence-corrected chi connectivity index (χ4v) is 3.15. The maximum absolute atomic E-state index is 13.6. The second kappa shape index (κ2) is 12.1. The average molecular weight is 566 g/mol. The summed E-state index contributed by atoms with van der Waals surface area (Å²) in [6.07, 6.45) is 2.01. The number of aryl methyl sites for hydroxylation is 1. The Bertz CT molecular complexity index is 811. The molecule has 2 rings (SSSR count). The summed E-state index contributed by atoms with van der Waals surface area (Å²) in [4.78, 5) is 18.6. The monoisotopic (exact) mass is 565 g/mol. The van der Waals surface area contributed by atoms with Crippen molar-refractivity contribution in [2.24, 2.45) is 12.0 Å². The minimum absolute atomic E-state index is 0. The van der Waals surface area contributed by atoms with Gasteiger partial charge in [-0.25, -0.2) is 4.39 Å². The number of carbonyl (C=O) groups excluding carboxylic acids is 1. The lowest BCUT2D eigenvalue weighted by Gasteiger charge is -2.22. The first-order valence-electron chi connectivity index (χ1n) is 8.75. The van der Waals surface area contributed by atoms with Crippen LogP contribution in [0, 0.1) is 5.82 Å². The van der Waals surface area contributed by atoms with Crippen LogP contribution in [0.25, 0.3) is 0 Å². The van der Waals surface area contributed by atoms with Gasteiger partial charge in [0.1, 0.15) is 5.82 Å². The largest absolute Gasteiger partial charge is 0.357 e. The molecule has 0 aliphatic rings. The van der Waals surface area contributed by atoms with Crippen molar-refractivity contribution < 1.29 is 9.18 Å². The lowest BCUT2D eigenvalue weighted by atomic mass is 10.2. The van der Waals surface area contributed by atoms with Crippen LogP contribution in [0.3, 0.4) is 0 Å². The molecule has 6 nitrogen and oxygen atoms in total. The lowest BCUT2D eigenvalue weighted by molar-refractivity contribution is 0.0951. The van der Waals surface area contributed by atoms with Crippen LogP contribution in [0.2, 0.25) is 0 Å². The lowest BCUT2D eigenvalue weighted by Crippen LogP contribution is -2.39. The minimum Gasteiger partial charge on any atom is -0.357 e. The molecule has 0 spiro atoms. The third-order valence-corrected chi connectivity index (χ3v) is 4.38. The van der Waals surface area contributed by atoms with Crippen molar-refractivity contribution in [2.75, 3.05) is 26.7 Å². The fraction of sp³-hybridized carbons (Fsp3) is 0.368. The topological polar surface area (TPSA) is 61.7 Å². The van der Waals surface area contributed by atoms with Gasteiger partial charge < -0.3 is 20.1 Å². The minimum atomic E-state index is -0.527. The number of rotatable bonds is 7. The number of benzene rings is 1. The highest BCUT2D eigenvalue weighted by Crippen LogP contribution is 2.15. The Morgan fingerprint density at radius 2 is 2.04 bits per heavy atom. The Morgan fingerprint density at radius 1 is 1.32 bits per heavy atom. The zero-order valence-electron chi connectivity index (χ0n) is 16.2. The zero-order valence-corrected chi connectivity index (χ0v) is 20.1. The van der Waals surface area contributed by atoms with Gasteiger partial charge in [0.05, 0.1) is 18.7 Å². The number of hydrogen-bond acceptors (Lipinski definition) is 2. The molecule has 28 heavy (non-hydrogen) atoms. The first-order chi connectivity index (χ1) is 12.9. The second-order valence-electron chi connectivity index (χ2n) is 6.09. The molecule has 0 fully saturated rings. The molecule has 0 atom stereocenters. The molecule has 0 bridgehead atoms. The number of carbonyl (C=O) groups is 1. The molecule has 154 valence electrons. The van der Waals surface area contributed by atoms with Gasteiger partial charge in [0, 0.05) is 43.5 Å². The summed E-state index contributed by atoms with van der Waals surface area (Å²) in [5, 5.41) is 5.94. The highest BCUT2D eigenvalue weighted by molar-refractivity contribution is 14.0. The van der Waals surface area contributed by atoms with Crippen LogP contribution >= 0.6 is 39.9 Å². The molecule has 1 aromatic carbocycles. The SMILES string of the molecule is CCNC(=NCCNC(=O)c1ccccc1F)N(C)Cc1cc(Br)cn1C.I. The number of amides is 1. The van der Waals surface area contributed by atoms with E-state index >= 15 is 0 Å². The van der Waals surface area contributed by atoms with Crippen molar-refractivity contribution in [2.45, 2.75) is 13.5 Å². The average Bonchev–Trinajstić information content (AvgIpc) is 2.94. The maximum atomic E-state index is 13.6. The van der Waals surface area contributed by atoms with Crippen molar-refractivity contribution in [1.29, 1.82) is 0 Å². The zero-order chi connectivity index (χ0) is 19.8. The molecule has 0 radical (unpaired) electrons. The number of aromatic nitrogens is 1. The normalized spacial score (nSPS) is 11.0. The van der Waals surface area contributed by atoms with Crippen LogP contribution < -0.4 is 10.6 Å². The molecule has 1 heterocycles. The van der Waals surface area contributed by atoms with Gasteiger partial charge in [-0.05, 0) is 41.1 Å². The molecule has 0 unspecified atom stereocenters. The van der Waals surface area contributed by atoms with Crippen molar-refractivity contribution in [3.05, 3.63) is 58.1 Å². The first-order valence-corrected chi connectivity index (χ1v) is 9.54. The van der Waals surface area contributed by atoms with Crippen LogP contribution in [0.5, 0.6) is 0 Å². The quantitative estimate of drug-likeness (QED) is 0.234. The summed E-state index contributed by atoms with van der Waals surface area (Å²) in [7, 11) is 3.95. The van der Waals surface area contributed by atoms with Crippen molar-refractivity contribution in [1.82, 2.24) is 20.1 Å². The third kappa shape index (κ3) is 7.08. The molecule has 0 saturated carbocycles. The van der Waals surface area contributed by atoms with Gasteiger partial charge in [-0.15, -0.1) is 24.0 Å². The van der Waals surface area contributed by atoms with E-state index in [1.807, 2.05) is 32.1 Å². The molecule has 9 heteroatoms. The summed E-state index contributed by atoms with van der Waals surface area (Å²) in [5.74, 6) is -0.217. The predicted molar refractivity (Wildman–Crippen MR) is 125 cm³/mol. The Balaban J connectivity index is 0.00000392. The summed E-state index contributed by atoms with van der Waals surface area (Å²) in [5.41, 5.74) is 1.18. The molecule has 1 aromatic heterocycles. The van der Waals surface area contributed by atoms with Crippen LogP contribution in [0.15, 0.2) is 46.0 Å². The van der Waals surface area contributed by atoms with Gasteiger partial charge in [0.2, 0.25) is 0 Å². The number of hydrogen-bond donors (Lipinski definition) is 2. The summed E-state index contributed by atoms with van der Waals surface area (Å²) in [6, 6.07) is 7.99. The Morgan fingerprint density at radius 3 is 2.64 bits per heavy atom. The molecule has 2 N–H and O–H groups in total. The second-order valence-corrected chi connectivity index (χ2v) is 7.00. The molecule has 0 aliphatic carbocycles. The van der Waals surface area contributed by atoms with Gasteiger partial charge in [-0.2, -0.15) is 0 Å². The molecule has 2 aromatic rings. The molecule has 0 saturated heterocycles. The van der Waals surface area contributed by atoms with Gasteiger partial charge in [-0.1, -0.05) is 12.1 Å². The van der Waals surface area contributed by atoms with Gasteiger partial charge in [0.25, 0.3) is 5.91 Å². The molecular formula is C19H26BrFIN5O. The van der Waals surface area contributed by atoms with Crippen molar-refractivity contribution >= 4 is 51.8 Å². The maximum Gasteiger partial charge on any atom is 0.254 e. The first kappa shape index (κ1) is 24.4. The van der Waals surface area contributed by atoms with E-state index in [2.05, 4.69) is 42.2 Å². The van der Waals surface area contributed by atoms with E-state index in [0.29, 0.717) is 19.6 Å². The van der Waals surface area contributed by atoms with Gasteiger partial charge in [-0.3, -0.25) is 9.79 Å². The number of nitrogens with zero attached hydrogens (tertiary/aromatic N) is 3. The third-order valence-electron chi connectivity index (χ3n) is 3.95. The van der Waals surface area contributed by atoms with Crippen LogP contribution in [-0.4, -0.2) is 48.0 Å². The van der Waals surface area contributed by atoms with Crippen LogP contribution in [-0.2, 0) is 13.6 Å². The number of aliphatic imine (C=N–C) groups is 1. The van der Waals surface area contributed by atoms with Crippen molar-refractivity contribution in [3.8, 4) is 0 Å². The van der Waals surface area contributed by atoms with Crippen molar-refractivity contribution in [3.63, 3.8) is 0 Å².